The lowest BCUT2D eigenvalue weighted by Crippen LogP contribution is -2.17. The van der Waals surface area contributed by atoms with Crippen molar-refractivity contribution in [3.05, 3.63) is 82.5 Å². The SMILES string of the molecule is CC(Nc1cncc(-c2cccc(/C=C3/SC(=O)NC3=O)c2F)n1)c1ccc(F)cc1. The van der Waals surface area contributed by atoms with Gasteiger partial charge in [0.1, 0.15) is 17.5 Å². The highest BCUT2D eigenvalue weighted by Crippen LogP contribution is 2.30. The van der Waals surface area contributed by atoms with Crippen LogP contribution in [0.25, 0.3) is 17.3 Å². The van der Waals surface area contributed by atoms with E-state index in [-0.39, 0.29) is 27.9 Å². The van der Waals surface area contributed by atoms with Gasteiger partial charge in [0, 0.05) is 17.2 Å². The number of benzene rings is 2. The predicted octanol–water partition coefficient (Wildman–Crippen LogP) is 4.92. The molecule has 0 radical (unpaired) electrons. The Labute approximate surface area is 180 Å². The maximum Gasteiger partial charge on any atom is 0.290 e. The summed E-state index contributed by atoms with van der Waals surface area (Å²) in [7, 11) is 0. The van der Waals surface area contributed by atoms with Crippen molar-refractivity contribution in [1.82, 2.24) is 15.3 Å². The number of nitrogens with one attached hydrogen (secondary N) is 2. The van der Waals surface area contributed by atoms with Crippen LogP contribution in [-0.2, 0) is 4.79 Å². The third-order valence-electron chi connectivity index (χ3n) is 4.60. The lowest BCUT2D eigenvalue weighted by Gasteiger charge is -2.15. The van der Waals surface area contributed by atoms with Crippen LogP contribution in [0.3, 0.4) is 0 Å². The average Bonchev–Trinajstić information content (AvgIpc) is 3.07. The number of imide groups is 1. The van der Waals surface area contributed by atoms with Crippen LogP contribution in [0.15, 0.2) is 59.8 Å². The fourth-order valence-corrected chi connectivity index (χ4v) is 3.72. The molecule has 0 saturated carbocycles. The van der Waals surface area contributed by atoms with E-state index in [1.807, 2.05) is 6.92 Å². The number of aromatic nitrogens is 2. The van der Waals surface area contributed by atoms with E-state index in [4.69, 9.17) is 0 Å². The summed E-state index contributed by atoms with van der Waals surface area (Å²) in [6.07, 6.45) is 4.28. The van der Waals surface area contributed by atoms with Gasteiger partial charge in [-0.2, -0.15) is 0 Å². The monoisotopic (exact) mass is 438 g/mol. The Morgan fingerprint density at radius 1 is 1.10 bits per heavy atom. The molecule has 0 bridgehead atoms. The van der Waals surface area contributed by atoms with Crippen LogP contribution in [0.1, 0.15) is 24.1 Å². The molecule has 1 aromatic heterocycles. The zero-order chi connectivity index (χ0) is 22.0. The molecule has 2 amide bonds. The summed E-state index contributed by atoms with van der Waals surface area (Å²) < 4.78 is 28.3. The minimum Gasteiger partial charge on any atom is -0.362 e. The summed E-state index contributed by atoms with van der Waals surface area (Å²) in [4.78, 5) is 31.8. The van der Waals surface area contributed by atoms with Crippen LogP contribution in [0.5, 0.6) is 0 Å². The number of carbonyl (C=O) groups is 2. The zero-order valence-corrected chi connectivity index (χ0v) is 17.0. The molecular weight excluding hydrogens is 422 g/mol. The van der Waals surface area contributed by atoms with Crippen molar-refractivity contribution in [1.29, 1.82) is 0 Å². The number of carbonyl (C=O) groups excluding carboxylic acids is 2. The van der Waals surface area contributed by atoms with Crippen molar-refractivity contribution >= 4 is 34.8 Å². The first kappa shape index (κ1) is 20.7. The molecule has 1 aliphatic rings. The van der Waals surface area contributed by atoms with Gasteiger partial charge < -0.3 is 5.32 Å². The first-order chi connectivity index (χ1) is 14.9. The van der Waals surface area contributed by atoms with Gasteiger partial charge in [-0.3, -0.25) is 19.9 Å². The Morgan fingerprint density at radius 3 is 2.58 bits per heavy atom. The smallest absolute Gasteiger partial charge is 0.290 e. The minimum absolute atomic E-state index is 0.121. The molecule has 9 heteroatoms. The minimum atomic E-state index is -0.583. The van der Waals surface area contributed by atoms with Crippen molar-refractivity contribution in [3.63, 3.8) is 0 Å². The Kier molecular flexibility index (Phi) is 5.77. The third kappa shape index (κ3) is 4.61. The van der Waals surface area contributed by atoms with E-state index in [1.54, 1.807) is 24.3 Å². The van der Waals surface area contributed by atoms with Crippen molar-refractivity contribution in [2.75, 3.05) is 5.32 Å². The van der Waals surface area contributed by atoms with Crippen LogP contribution in [-0.4, -0.2) is 21.1 Å². The van der Waals surface area contributed by atoms with Crippen molar-refractivity contribution in [2.24, 2.45) is 0 Å². The zero-order valence-electron chi connectivity index (χ0n) is 16.2. The van der Waals surface area contributed by atoms with Crippen LogP contribution >= 0.6 is 11.8 Å². The molecule has 31 heavy (non-hydrogen) atoms. The molecule has 0 aliphatic carbocycles. The number of hydrogen-bond donors (Lipinski definition) is 2. The lowest BCUT2D eigenvalue weighted by molar-refractivity contribution is -0.115. The number of amides is 2. The molecular formula is C22H16F2N4O2S. The van der Waals surface area contributed by atoms with Gasteiger partial charge in [0.2, 0.25) is 0 Å². The fraction of sp³-hybridized carbons (Fsp3) is 0.0909. The largest absolute Gasteiger partial charge is 0.362 e. The maximum absolute atomic E-state index is 15.1. The standard InChI is InChI=1S/C22H16F2N4O2S/c1-12(13-5-7-15(23)8-6-13)26-19-11-25-10-17(27-19)16-4-2-3-14(20(16)24)9-18-21(29)28-22(30)31-18/h2-12H,1H3,(H,26,27)(H,28,29,30)/b18-9+. The summed E-state index contributed by atoms with van der Waals surface area (Å²) in [5.74, 6) is -1.03. The number of thioether (sulfide) groups is 1. The van der Waals surface area contributed by atoms with Crippen LogP contribution in [0.4, 0.5) is 19.4 Å². The lowest BCUT2D eigenvalue weighted by atomic mass is 10.1. The molecule has 0 spiro atoms. The quantitative estimate of drug-likeness (QED) is 0.550. The molecule has 2 N–H and O–H groups in total. The highest BCUT2D eigenvalue weighted by Gasteiger charge is 2.25. The summed E-state index contributed by atoms with van der Waals surface area (Å²) in [5, 5.41) is 4.81. The molecule has 1 saturated heterocycles. The van der Waals surface area contributed by atoms with Crippen LogP contribution in [0.2, 0.25) is 0 Å². The summed E-state index contributed by atoms with van der Waals surface area (Å²) in [5.41, 5.74) is 1.52. The molecule has 2 aromatic carbocycles. The summed E-state index contributed by atoms with van der Waals surface area (Å²) in [6, 6.07) is 10.6. The first-order valence-corrected chi connectivity index (χ1v) is 10.1. The second kappa shape index (κ2) is 8.65. The van der Waals surface area contributed by atoms with Gasteiger partial charge in [-0.25, -0.2) is 13.8 Å². The Bertz CT molecular complexity index is 1200. The van der Waals surface area contributed by atoms with Gasteiger partial charge in [-0.15, -0.1) is 0 Å². The summed E-state index contributed by atoms with van der Waals surface area (Å²) in [6.45, 7) is 1.89. The molecule has 1 fully saturated rings. The van der Waals surface area contributed by atoms with Gasteiger partial charge in [0.25, 0.3) is 11.1 Å². The van der Waals surface area contributed by atoms with Crippen LogP contribution in [0, 0.1) is 11.6 Å². The third-order valence-corrected chi connectivity index (χ3v) is 5.41. The molecule has 3 aromatic rings. The Hall–Kier alpha value is -3.59. The first-order valence-electron chi connectivity index (χ1n) is 9.28. The van der Waals surface area contributed by atoms with Gasteiger partial charge in [0.05, 0.1) is 23.0 Å². The number of nitrogens with zero attached hydrogens (tertiary/aromatic N) is 2. The van der Waals surface area contributed by atoms with E-state index in [0.717, 1.165) is 17.3 Å². The number of anilines is 1. The van der Waals surface area contributed by atoms with Crippen molar-refractivity contribution < 1.29 is 18.4 Å². The highest BCUT2D eigenvalue weighted by molar-refractivity contribution is 8.18. The van der Waals surface area contributed by atoms with Gasteiger partial charge in [-0.05, 0) is 48.5 Å². The van der Waals surface area contributed by atoms with Gasteiger partial charge in [0.15, 0.2) is 0 Å². The second-order valence-corrected chi connectivity index (χ2v) is 7.78. The topological polar surface area (TPSA) is 84.0 Å². The molecule has 2 heterocycles. The van der Waals surface area contributed by atoms with E-state index in [1.165, 1.54) is 36.7 Å². The van der Waals surface area contributed by atoms with E-state index in [2.05, 4.69) is 20.6 Å². The number of rotatable bonds is 5. The summed E-state index contributed by atoms with van der Waals surface area (Å²) >= 11 is 0.720. The van der Waals surface area contributed by atoms with E-state index in [9.17, 15) is 14.0 Å². The number of halogens is 2. The normalized spacial score (nSPS) is 15.8. The van der Waals surface area contributed by atoms with Crippen molar-refractivity contribution in [3.8, 4) is 11.3 Å². The average molecular weight is 438 g/mol. The molecule has 4 rings (SSSR count). The maximum atomic E-state index is 15.1. The predicted molar refractivity (Wildman–Crippen MR) is 115 cm³/mol. The molecule has 6 nitrogen and oxygen atoms in total. The molecule has 1 aliphatic heterocycles. The number of hydrogen-bond acceptors (Lipinski definition) is 6. The fourth-order valence-electron chi connectivity index (χ4n) is 3.04. The molecule has 1 atom stereocenters. The molecule has 1 unspecified atom stereocenters. The van der Waals surface area contributed by atoms with Crippen LogP contribution < -0.4 is 10.6 Å². The molecule has 156 valence electrons. The van der Waals surface area contributed by atoms with E-state index < -0.39 is 17.0 Å². The Balaban J connectivity index is 1.60. The van der Waals surface area contributed by atoms with Crippen molar-refractivity contribution in [2.45, 2.75) is 13.0 Å². The van der Waals surface area contributed by atoms with Gasteiger partial charge in [-0.1, -0.05) is 24.3 Å². The second-order valence-electron chi connectivity index (χ2n) is 6.77. The Morgan fingerprint density at radius 2 is 1.87 bits per heavy atom. The highest BCUT2D eigenvalue weighted by atomic mass is 32.2. The van der Waals surface area contributed by atoms with E-state index >= 15 is 4.39 Å². The van der Waals surface area contributed by atoms with E-state index in [0.29, 0.717) is 11.5 Å². The van der Waals surface area contributed by atoms with Gasteiger partial charge >= 0.3 is 0 Å².